The van der Waals surface area contributed by atoms with Gasteiger partial charge in [0.2, 0.25) is 0 Å². The predicted octanol–water partition coefficient (Wildman–Crippen LogP) is 9.27. The molecule has 0 radical (unpaired) electrons. The van der Waals surface area contributed by atoms with Gasteiger partial charge in [-0.3, -0.25) is 15.0 Å². The molecule has 0 fully saturated rings. The van der Waals surface area contributed by atoms with Gasteiger partial charge < -0.3 is 20.6 Å². The van der Waals surface area contributed by atoms with Gasteiger partial charge in [-0.05, 0) is 117 Å². The van der Waals surface area contributed by atoms with E-state index in [1.54, 1.807) is 47.8 Å². The van der Waals surface area contributed by atoms with Gasteiger partial charge in [-0.2, -0.15) is 10.4 Å². The lowest BCUT2D eigenvalue weighted by molar-refractivity contribution is 0.178. The number of anilines is 2. The van der Waals surface area contributed by atoms with Gasteiger partial charge >= 0.3 is 5.82 Å². The van der Waals surface area contributed by atoms with E-state index in [9.17, 15) is 5.11 Å². The van der Waals surface area contributed by atoms with Crippen LogP contribution in [0.1, 0.15) is 76.7 Å². The fourth-order valence-electron chi connectivity index (χ4n) is 7.17. The van der Waals surface area contributed by atoms with Gasteiger partial charge in [-0.15, -0.1) is 4.85 Å². The lowest BCUT2D eigenvalue weighted by atomic mass is 9.93. The van der Waals surface area contributed by atoms with E-state index in [1.807, 2.05) is 61.5 Å². The molecule has 1 atom stereocenters. The van der Waals surface area contributed by atoms with Crippen LogP contribution in [0.15, 0.2) is 104 Å². The molecule has 12 heteroatoms. The SMILES string of the molecule is Cc1cc(Nc2cc(O[C@H]3CCCc4cc(C#[N+]c5cc(-n6ncc7ccc(O)cc76)ccn5)cnc43)ccc2C=N)ccn1.N#Cc1cnc2c(c1)CCCC2. The molecule has 280 valence electrons. The smallest absolute Gasteiger partial charge is 0.428 e. The van der Waals surface area contributed by atoms with E-state index >= 15 is 0 Å². The zero-order valence-corrected chi connectivity index (χ0v) is 31.4. The van der Waals surface area contributed by atoms with E-state index in [-0.39, 0.29) is 11.9 Å². The van der Waals surface area contributed by atoms with Gasteiger partial charge in [0.05, 0.1) is 46.0 Å². The highest BCUT2D eigenvalue weighted by molar-refractivity contribution is 5.88. The maximum Gasteiger partial charge on any atom is 0.428 e. The topological polar surface area (TPSA) is 163 Å². The molecule has 0 saturated carbocycles. The van der Waals surface area contributed by atoms with Crippen molar-refractivity contribution >= 4 is 34.3 Å². The third kappa shape index (κ3) is 8.46. The molecule has 2 aliphatic rings. The Bertz CT molecular complexity index is 2720. The second-order valence-electron chi connectivity index (χ2n) is 14.0. The molecule has 0 bridgehead atoms. The second-order valence-corrected chi connectivity index (χ2v) is 14.0. The van der Waals surface area contributed by atoms with Crippen molar-refractivity contribution in [2.24, 2.45) is 0 Å². The van der Waals surface area contributed by atoms with Crippen LogP contribution in [0.25, 0.3) is 21.4 Å². The zero-order valence-electron chi connectivity index (χ0n) is 31.4. The summed E-state index contributed by atoms with van der Waals surface area (Å²) in [5.74, 6) is 1.36. The van der Waals surface area contributed by atoms with E-state index in [2.05, 4.69) is 48.4 Å². The number of phenolic OH excluding ortho intramolecular Hbond substituents is 1. The number of aryl methyl sites for hydroxylation is 4. The van der Waals surface area contributed by atoms with Gasteiger partial charge in [0.1, 0.15) is 29.9 Å². The number of phenols is 1. The number of aromatic hydroxyl groups is 1. The zero-order chi connectivity index (χ0) is 39.1. The number of benzene rings is 2. The van der Waals surface area contributed by atoms with Crippen LogP contribution in [-0.2, 0) is 19.3 Å². The molecule has 3 N–H and O–H groups in total. The molecule has 5 aromatic heterocycles. The molecule has 0 spiro atoms. The van der Waals surface area contributed by atoms with Crippen molar-refractivity contribution in [1.29, 1.82) is 10.7 Å². The summed E-state index contributed by atoms with van der Waals surface area (Å²) < 4.78 is 8.22. The number of aromatic nitrogens is 6. The summed E-state index contributed by atoms with van der Waals surface area (Å²) in [7, 11) is 0. The minimum Gasteiger partial charge on any atom is -0.508 e. The van der Waals surface area contributed by atoms with E-state index in [1.165, 1.54) is 30.3 Å². The van der Waals surface area contributed by atoms with Crippen LogP contribution >= 0.6 is 0 Å². The Balaban J connectivity index is 0.000000323. The van der Waals surface area contributed by atoms with Crippen LogP contribution in [0.3, 0.4) is 0 Å². The van der Waals surface area contributed by atoms with Gasteiger partial charge in [-0.25, -0.2) is 4.68 Å². The van der Waals surface area contributed by atoms with Gasteiger partial charge in [0, 0.05) is 71.0 Å². The van der Waals surface area contributed by atoms with Crippen LogP contribution in [0.4, 0.5) is 17.2 Å². The first-order valence-electron chi connectivity index (χ1n) is 18.9. The fourth-order valence-corrected chi connectivity index (χ4v) is 7.17. The number of nitrogens with zero attached hydrogens (tertiary/aromatic N) is 8. The van der Waals surface area contributed by atoms with Crippen LogP contribution in [0, 0.1) is 29.7 Å². The monoisotopic (exact) mass is 751 g/mol. The van der Waals surface area contributed by atoms with Crippen LogP contribution in [-0.4, -0.2) is 41.0 Å². The highest BCUT2D eigenvalue weighted by atomic mass is 16.5. The van der Waals surface area contributed by atoms with E-state index in [4.69, 9.17) is 20.4 Å². The molecule has 7 aromatic rings. The molecule has 5 heterocycles. The first-order valence-corrected chi connectivity index (χ1v) is 18.9. The number of hydrogen-bond acceptors (Lipinski definition) is 10. The maximum absolute atomic E-state index is 9.94. The summed E-state index contributed by atoms with van der Waals surface area (Å²) in [5, 5.41) is 35.2. The van der Waals surface area contributed by atoms with Crippen LogP contribution in [0.2, 0.25) is 0 Å². The average molecular weight is 752 g/mol. The number of nitrogens with one attached hydrogen (secondary N) is 2. The van der Waals surface area contributed by atoms with Crippen molar-refractivity contribution in [2.75, 3.05) is 5.32 Å². The number of fused-ring (bicyclic) bond motifs is 3. The molecule has 0 unspecified atom stereocenters. The quantitative estimate of drug-likeness (QED) is 0.141. The first-order chi connectivity index (χ1) is 27.9. The molecule has 0 saturated heterocycles. The number of pyridine rings is 4. The fraction of sp³-hybridized carbons (Fsp3) is 0.200. The summed E-state index contributed by atoms with van der Waals surface area (Å²) in [6, 6.07) is 27.6. The van der Waals surface area contributed by atoms with Crippen molar-refractivity contribution in [2.45, 2.75) is 58.0 Å². The first kappa shape index (κ1) is 36.5. The highest BCUT2D eigenvalue weighted by Crippen LogP contribution is 2.35. The normalized spacial score (nSPS) is 14.1. The Morgan fingerprint density at radius 1 is 0.877 bits per heavy atom. The van der Waals surface area contributed by atoms with Gasteiger partial charge in [0.15, 0.2) is 6.07 Å². The average Bonchev–Trinajstić information content (AvgIpc) is 3.66. The highest BCUT2D eigenvalue weighted by Gasteiger charge is 2.24. The van der Waals surface area contributed by atoms with Crippen molar-refractivity contribution in [3.05, 3.63) is 154 Å². The van der Waals surface area contributed by atoms with Crippen LogP contribution in [0.5, 0.6) is 11.5 Å². The Morgan fingerprint density at radius 3 is 2.60 bits per heavy atom. The summed E-state index contributed by atoms with van der Waals surface area (Å²) in [5.41, 5.74) is 10.9. The van der Waals surface area contributed by atoms with E-state index < -0.39 is 0 Å². The minimum atomic E-state index is -0.191. The summed E-state index contributed by atoms with van der Waals surface area (Å²) in [6.07, 6.45) is 17.1. The Morgan fingerprint density at radius 2 is 1.72 bits per heavy atom. The Kier molecular flexibility index (Phi) is 10.6. The number of ether oxygens (including phenoxy) is 1. The number of nitriles is 1. The van der Waals surface area contributed by atoms with Gasteiger partial charge in [-0.1, -0.05) is 0 Å². The molecular formula is C45H39N10O2+. The Labute approximate surface area is 329 Å². The molecule has 57 heavy (non-hydrogen) atoms. The molecule has 0 aliphatic heterocycles. The van der Waals surface area contributed by atoms with E-state index in [0.717, 1.165) is 88.1 Å². The third-order valence-electron chi connectivity index (χ3n) is 9.98. The number of hydrogen-bond donors (Lipinski definition) is 3. The van der Waals surface area contributed by atoms with Crippen molar-refractivity contribution < 1.29 is 9.84 Å². The molecule has 2 aliphatic carbocycles. The summed E-state index contributed by atoms with van der Waals surface area (Å²) in [4.78, 5) is 22.2. The third-order valence-corrected chi connectivity index (χ3v) is 9.98. The lowest BCUT2D eigenvalue weighted by Crippen LogP contribution is -2.17. The van der Waals surface area contributed by atoms with Crippen molar-refractivity contribution in [1.82, 2.24) is 29.7 Å². The number of rotatable bonds is 6. The molecule has 0 amide bonds. The lowest BCUT2D eigenvalue weighted by Gasteiger charge is -2.25. The second kappa shape index (κ2) is 16.5. The minimum absolute atomic E-state index is 0.177. The van der Waals surface area contributed by atoms with Crippen LogP contribution < -0.4 is 10.1 Å². The van der Waals surface area contributed by atoms with E-state index in [0.29, 0.717) is 17.1 Å². The largest absolute Gasteiger partial charge is 0.508 e. The summed E-state index contributed by atoms with van der Waals surface area (Å²) in [6.45, 7) is 1.94. The maximum atomic E-state index is 9.94. The predicted molar refractivity (Wildman–Crippen MR) is 219 cm³/mol. The van der Waals surface area contributed by atoms with Gasteiger partial charge in [0.25, 0.3) is 0 Å². The van der Waals surface area contributed by atoms with Crippen molar-refractivity contribution in [3.8, 4) is 29.3 Å². The Hall–Kier alpha value is -7.44. The molecule has 9 rings (SSSR count). The summed E-state index contributed by atoms with van der Waals surface area (Å²) >= 11 is 0. The standard InChI is InChI=1S/C35H28N8O2.C10H10N2/c1-22-13-27(9-11-37-22)42-31-17-30(8-6-25(31)18-36)45-33-4-2-3-24-14-23(20-40-35(24)33)19-39-34-15-28(10-12-38-34)43-32-16-29(44)7-5-26(32)21-41-43;11-6-8-5-9-3-1-2-4-10(9)12-7-8/h5-18,20-21,33H,2-4H2,1H3,(H2-,36,37,41,42,44);5,7H,1-4H2/p+1/t33-;/m0./s1. The molecular weight excluding hydrogens is 713 g/mol. The molecule has 2 aromatic carbocycles. The van der Waals surface area contributed by atoms with Crippen molar-refractivity contribution in [3.63, 3.8) is 0 Å². The molecule has 12 nitrogen and oxygen atoms in total.